The Labute approximate surface area is 199 Å². The highest BCUT2D eigenvalue weighted by Crippen LogP contribution is 2.44. The molecule has 182 valence electrons. The highest BCUT2D eigenvalue weighted by atomic mass is 16.5. The van der Waals surface area contributed by atoms with Gasteiger partial charge in [-0.25, -0.2) is 4.79 Å². The van der Waals surface area contributed by atoms with Crippen molar-refractivity contribution in [2.75, 3.05) is 20.3 Å². The number of carboxylic acid groups (broad SMARTS) is 1. The van der Waals surface area contributed by atoms with Gasteiger partial charge in [-0.1, -0.05) is 48.5 Å². The molecule has 0 aliphatic heterocycles. The van der Waals surface area contributed by atoms with Crippen LogP contribution >= 0.6 is 0 Å². The zero-order chi connectivity index (χ0) is 25.0. The Bertz CT molecular complexity index is 1020. The zero-order valence-corrected chi connectivity index (χ0v) is 20.2. The Hall–Kier alpha value is -3.39. The number of ether oxygens (including phenoxy) is 2. The summed E-state index contributed by atoms with van der Waals surface area (Å²) in [6, 6.07) is 14.9. The summed E-state index contributed by atoms with van der Waals surface area (Å²) >= 11 is 0. The Kier molecular flexibility index (Phi) is 7.61. The second kappa shape index (κ2) is 10.3. The molecule has 0 spiro atoms. The first-order valence-electron chi connectivity index (χ1n) is 11.2. The SMILES string of the molecule is COC(C)C(NC(=O)OCC1c2ccccc2-c2ccccc21)C(=O)N(CC(=O)O)C(C)(C)C. The fourth-order valence-electron chi connectivity index (χ4n) is 4.23. The van der Waals surface area contributed by atoms with Crippen LogP contribution in [0, 0.1) is 0 Å². The number of nitrogens with one attached hydrogen (secondary N) is 1. The Morgan fingerprint density at radius 2 is 1.56 bits per heavy atom. The third kappa shape index (κ3) is 5.39. The molecule has 0 saturated carbocycles. The molecule has 0 bridgehead atoms. The molecule has 8 heteroatoms. The summed E-state index contributed by atoms with van der Waals surface area (Å²) < 4.78 is 10.9. The summed E-state index contributed by atoms with van der Waals surface area (Å²) in [7, 11) is 1.42. The number of carbonyl (C=O) groups is 3. The first-order valence-corrected chi connectivity index (χ1v) is 11.2. The molecule has 2 atom stereocenters. The number of methoxy groups -OCH3 is 1. The summed E-state index contributed by atoms with van der Waals surface area (Å²) in [5.41, 5.74) is 3.61. The first kappa shape index (κ1) is 25.2. The Balaban J connectivity index is 1.75. The maximum atomic E-state index is 13.3. The average Bonchev–Trinajstić information content (AvgIpc) is 3.11. The molecule has 0 fully saturated rings. The van der Waals surface area contributed by atoms with Crippen LogP contribution in [0.1, 0.15) is 44.7 Å². The van der Waals surface area contributed by atoms with Gasteiger partial charge in [0.1, 0.15) is 19.2 Å². The molecule has 2 aromatic carbocycles. The van der Waals surface area contributed by atoms with E-state index in [1.165, 1.54) is 12.0 Å². The molecule has 2 unspecified atom stereocenters. The molecule has 0 aromatic heterocycles. The van der Waals surface area contributed by atoms with Crippen LogP contribution in [0.15, 0.2) is 48.5 Å². The maximum absolute atomic E-state index is 13.3. The van der Waals surface area contributed by atoms with Crippen LogP contribution in [-0.2, 0) is 19.1 Å². The molecular formula is C26H32N2O6. The van der Waals surface area contributed by atoms with E-state index in [9.17, 15) is 19.5 Å². The molecule has 0 radical (unpaired) electrons. The molecule has 3 rings (SSSR count). The molecule has 1 aliphatic carbocycles. The monoisotopic (exact) mass is 468 g/mol. The minimum absolute atomic E-state index is 0.0975. The second-order valence-electron chi connectivity index (χ2n) is 9.38. The van der Waals surface area contributed by atoms with Gasteiger partial charge in [0.2, 0.25) is 5.91 Å². The van der Waals surface area contributed by atoms with Crippen LogP contribution in [-0.4, -0.2) is 65.9 Å². The number of fused-ring (bicyclic) bond motifs is 3. The minimum Gasteiger partial charge on any atom is -0.480 e. The van der Waals surface area contributed by atoms with Crippen molar-refractivity contribution in [3.05, 3.63) is 59.7 Å². The quantitative estimate of drug-likeness (QED) is 0.613. The number of hydrogen-bond acceptors (Lipinski definition) is 5. The van der Waals surface area contributed by atoms with Gasteiger partial charge in [0, 0.05) is 18.6 Å². The lowest BCUT2D eigenvalue weighted by Gasteiger charge is -2.38. The van der Waals surface area contributed by atoms with Gasteiger partial charge >= 0.3 is 12.1 Å². The van der Waals surface area contributed by atoms with Crippen molar-refractivity contribution in [1.82, 2.24) is 10.2 Å². The van der Waals surface area contributed by atoms with E-state index < -0.39 is 42.2 Å². The molecule has 1 aliphatic rings. The normalized spacial score (nSPS) is 14.5. The summed E-state index contributed by atoms with van der Waals surface area (Å²) in [4.78, 5) is 38.6. The number of benzene rings is 2. The van der Waals surface area contributed by atoms with Crippen LogP contribution in [0.4, 0.5) is 4.79 Å². The summed E-state index contributed by atoms with van der Waals surface area (Å²) in [5, 5.41) is 11.9. The predicted octanol–water partition coefficient (Wildman–Crippen LogP) is 3.64. The van der Waals surface area contributed by atoms with Crippen molar-refractivity contribution in [2.45, 2.75) is 51.3 Å². The van der Waals surface area contributed by atoms with Crippen LogP contribution in [0.5, 0.6) is 0 Å². The zero-order valence-electron chi connectivity index (χ0n) is 20.2. The van der Waals surface area contributed by atoms with Gasteiger partial charge in [0.15, 0.2) is 0 Å². The molecule has 8 nitrogen and oxygen atoms in total. The number of carboxylic acids is 1. The van der Waals surface area contributed by atoms with Crippen molar-refractivity contribution in [3.63, 3.8) is 0 Å². The highest BCUT2D eigenvalue weighted by Gasteiger charge is 2.37. The molecule has 0 heterocycles. The van der Waals surface area contributed by atoms with Crippen LogP contribution in [0.2, 0.25) is 0 Å². The summed E-state index contributed by atoms with van der Waals surface area (Å²) in [5.74, 6) is -1.82. The largest absolute Gasteiger partial charge is 0.480 e. The first-order chi connectivity index (χ1) is 16.0. The lowest BCUT2D eigenvalue weighted by atomic mass is 9.98. The number of amides is 2. The number of rotatable bonds is 8. The van der Waals surface area contributed by atoms with Gasteiger partial charge in [-0.15, -0.1) is 0 Å². The van der Waals surface area contributed by atoms with Crippen molar-refractivity contribution in [3.8, 4) is 11.1 Å². The van der Waals surface area contributed by atoms with Crippen LogP contribution in [0.25, 0.3) is 11.1 Å². The van der Waals surface area contributed by atoms with Gasteiger partial charge < -0.3 is 24.8 Å². The van der Waals surface area contributed by atoms with Crippen LogP contribution < -0.4 is 5.32 Å². The van der Waals surface area contributed by atoms with Gasteiger partial charge in [0.25, 0.3) is 0 Å². The van der Waals surface area contributed by atoms with Gasteiger partial charge in [-0.05, 0) is 49.9 Å². The van der Waals surface area contributed by atoms with E-state index in [-0.39, 0.29) is 12.5 Å². The average molecular weight is 469 g/mol. The van der Waals surface area contributed by atoms with Crippen molar-refractivity contribution >= 4 is 18.0 Å². The molecule has 34 heavy (non-hydrogen) atoms. The van der Waals surface area contributed by atoms with Gasteiger partial charge in [-0.3, -0.25) is 9.59 Å². The molecule has 2 amide bonds. The molecule has 2 aromatic rings. The van der Waals surface area contributed by atoms with E-state index in [0.717, 1.165) is 22.3 Å². The lowest BCUT2D eigenvalue weighted by molar-refractivity contribution is -0.151. The number of carbonyl (C=O) groups excluding carboxylic acids is 2. The lowest BCUT2D eigenvalue weighted by Crippen LogP contribution is -2.59. The smallest absolute Gasteiger partial charge is 0.407 e. The number of nitrogens with zero attached hydrogens (tertiary/aromatic N) is 1. The summed E-state index contributed by atoms with van der Waals surface area (Å²) in [6.45, 7) is 6.43. The van der Waals surface area contributed by atoms with E-state index in [1.807, 2.05) is 48.5 Å². The van der Waals surface area contributed by atoms with Gasteiger partial charge in [-0.2, -0.15) is 0 Å². The van der Waals surface area contributed by atoms with Crippen molar-refractivity contribution < 1.29 is 29.0 Å². The van der Waals surface area contributed by atoms with E-state index in [2.05, 4.69) is 5.32 Å². The number of alkyl carbamates (subject to hydrolysis) is 1. The third-order valence-corrected chi connectivity index (χ3v) is 6.09. The highest BCUT2D eigenvalue weighted by molar-refractivity contribution is 5.89. The minimum atomic E-state index is -1.15. The second-order valence-corrected chi connectivity index (χ2v) is 9.38. The van der Waals surface area contributed by atoms with E-state index >= 15 is 0 Å². The standard InChI is InChI=1S/C26H32N2O6/c1-16(33-5)23(24(31)28(14-22(29)30)26(2,3)4)27-25(32)34-15-21-19-12-8-6-10-17(19)18-11-7-9-13-20(18)21/h6-13,16,21,23H,14-15H2,1-5H3,(H,27,32)(H,29,30). The van der Waals surface area contributed by atoms with E-state index in [4.69, 9.17) is 9.47 Å². The Morgan fingerprint density at radius 1 is 1.03 bits per heavy atom. The Morgan fingerprint density at radius 3 is 2.03 bits per heavy atom. The van der Waals surface area contributed by atoms with Crippen molar-refractivity contribution in [1.29, 1.82) is 0 Å². The molecular weight excluding hydrogens is 436 g/mol. The fraction of sp³-hybridized carbons (Fsp3) is 0.423. The number of hydrogen-bond donors (Lipinski definition) is 2. The van der Waals surface area contributed by atoms with Gasteiger partial charge in [0.05, 0.1) is 6.10 Å². The summed E-state index contributed by atoms with van der Waals surface area (Å²) in [6.07, 6.45) is -1.47. The number of aliphatic carboxylic acids is 1. The van der Waals surface area contributed by atoms with E-state index in [0.29, 0.717) is 0 Å². The van der Waals surface area contributed by atoms with E-state index in [1.54, 1.807) is 27.7 Å². The molecule has 2 N–H and O–H groups in total. The predicted molar refractivity (Wildman–Crippen MR) is 128 cm³/mol. The van der Waals surface area contributed by atoms with Crippen LogP contribution in [0.3, 0.4) is 0 Å². The fourth-order valence-corrected chi connectivity index (χ4v) is 4.23. The maximum Gasteiger partial charge on any atom is 0.407 e. The topological polar surface area (TPSA) is 105 Å². The van der Waals surface area contributed by atoms with Crippen molar-refractivity contribution in [2.24, 2.45) is 0 Å². The third-order valence-electron chi connectivity index (χ3n) is 6.09. The molecule has 0 saturated heterocycles.